The number of hydrogen-bond acceptors (Lipinski definition) is 2. The van der Waals surface area contributed by atoms with Crippen molar-refractivity contribution < 1.29 is 9.53 Å². The van der Waals surface area contributed by atoms with Gasteiger partial charge in [-0.05, 0) is 74.3 Å². The van der Waals surface area contributed by atoms with Gasteiger partial charge in [0.15, 0.2) is 0 Å². The molecule has 0 saturated heterocycles. The van der Waals surface area contributed by atoms with E-state index in [2.05, 4.69) is 28.9 Å². The van der Waals surface area contributed by atoms with Crippen LogP contribution in [0.15, 0.2) is 24.3 Å². The van der Waals surface area contributed by atoms with Crippen LogP contribution in [0.25, 0.3) is 0 Å². The van der Waals surface area contributed by atoms with Crippen molar-refractivity contribution in [2.75, 3.05) is 7.11 Å². The van der Waals surface area contributed by atoms with Crippen molar-refractivity contribution >= 4 is 5.91 Å². The highest BCUT2D eigenvalue weighted by Crippen LogP contribution is 2.31. The van der Waals surface area contributed by atoms with E-state index in [9.17, 15) is 4.79 Å². The lowest BCUT2D eigenvalue weighted by Crippen LogP contribution is -2.29. The molecule has 0 unspecified atom stereocenters. The van der Waals surface area contributed by atoms with Crippen molar-refractivity contribution in [3.05, 3.63) is 52.3 Å². The molecule has 1 fully saturated rings. The zero-order valence-corrected chi connectivity index (χ0v) is 15.1. The highest BCUT2D eigenvalue weighted by molar-refractivity contribution is 5.95. The topological polar surface area (TPSA) is 43.3 Å². The molecule has 2 aliphatic carbocycles. The summed E-state index contributed by atoms with van der Waals surface area (Å²) in [6.45, 7) is 2.84. The third-order valence-electron chi connectivity index (χ3n) is 5.44. The highest BCUT2D eigenvalue weighted by atomic mass is 16.5. The fourth-order valence-electron chi connectivity index (χ4n) is 3.97. The number of methoxy groups -OCH3 is 1. The average Bonchev–Trinajstić information content (AvgIpc) is 3.40. The lowest BCUT2D eigenvalue weighted by Gasteiger charge is -2.17. The first kappa shape index (κ1) is 16.2. The van der Waals surface area contributed by atoms with E-state index in [1.807, 2.05) is 12.1 Å². The molecule has 4 heteroatoms. The molecule has 4 nitrogen and oxygen atoms in total. The Labute approximate surface area is 149 Å². The average molecular weight is 338 g/mol. The van der Waals surface area contributed by atoms with Crippen LogP contribution in [-0.4, -0.2) is 23.6 Å². The summed E-state index contributed by atoms with van der Waals surface area (Å²) in [6, 6.07) is 8.52. The number of carbonyl (C=O) groups excluding carboxylic acids is 1. The molecule has 0 radical (unpaired) electrons. The Morgan fingerprint density at radius 2 is 2.08 bits per heavy atom. The Morgan fingerprint density at radius 1 is 1.28 bits per heavy atom. The normalized spacial score (nSPS) is 16.4. The summed E-state index contributed by atoms with van der Waals surface area (Å²) in [5.41, 5.74) is 5.96. The van der Waals surface area contributed by atoms with Crippen molar-refractivity contribution in [1.82, 2.24) is 9.88 Å². The molecule has 1 aromatic heterocycles. The van der Waals surface area contributed by atoms with E-state index in [1.165, 1.54) is 35.2 Å². The smallest absolute Gasteiger partial charge is 0.268 e. The number of hydrogen-bond donors (Lipinski definition) is 1. The second-order valence-electron chi connectivity index (χ2n) is 7.29. The molecule has 1 aromatic carbocycles. The molecule has 1 heterocycles. The molecule has 1 amide bonds. The van der Waals surface area contributed by atoms with Gasteiger partial charge in [-0.1, -0.05) is 12.1 Å². The Bertz CT molecular complexity index is 802. The first-order chi connectivity index (χ1) is 12.2. The summed E-state index contributed by atoms with van der Waals surface area (Å²) >= 11 is 0. The predicted molar refractivity (Wildman–Crippen MR) is 98.4 cm³/mol. The van der Waals surface area contributed by atoms with Crippen LogP contribution in [0.5, 0.6) is 5.75 Å². The van der Waals surface area contributed by atoms with Crippen LogP contribution in [0.4, 0.5) is 0 Å². The second kappa shape index (κ2) is 6.58. The number of carbonyl (C=O) groups is 1. The third-order valence-corrected chi connectivity index (χ3v) is 5.44. The Morgan fingerprint density at radius 3 is 2.84 bits per heavy atom. The van der Waals surface area contributed by atoms with Gasteiger partial charge in [-0.25, -0.2) is 0 Å². The molecular weight excluding hydrogens is 312 g/mol. The van der Waals surface area contributed by atoms with E-state index >= 15 is 0 Å². The summed E-state index contributed by atoms with van der Waals surface area (Å²) < 4.78 is 7.62. The van der Waals surface area contributed by atoms with Crippen molar-refractivity contribution in [1.29, 1.82) is 0 Å². The van der Waals surface area contributed by atoms with Gasteiger partial charge >= 0.3 is 0 Å². The number of ether oxygens (including phenoxy) is 1. The fourth-order valence-corrected chi connectivity index (χ4v) is 3.97. The minimum Gasteiger partial charge on any atom is -0.497 e. The largest absolute Gasteiger partial charge is 0.497 e. The van der Waals surface area contributed by atoms with Gasteiger partial charge in [0.1, 0.15) is 11.4 Å². The predicted octanol–water partition coefficient (Wildman–Crippen LogP) is 3.62. The van der Waals surface area contributed by atoms with Gasteiger partial charge in [-0.2, -0.15) is 0 Å². The number of nitrogens with zero attached hydrogens (tertiary/aromatic N) is 1. The number of rotatable bonds is 5. The van der Waals surface area contributed by atoms with Gasteiger partial charge in [0.05, 0.1) is 7.11 Å². The molecule has 1 saturated carbocycles. The molecule has 2 aliphatic rings. The molecule has 0 spiro atoms. The van der Waals surface area contributed by atoms with Crippen LogP contribution in [0.1, 0.15) is 58.6 Å². The lowest BCUT2D eigenvalue weighted by molar-refractivity contribution is 0.0941. The van der Waals surface area contributed by atoms with Crippen molar-refractivity contribution in [3.63, 3.8) is 0 Å². The van der Waals surface area contributed by atoms with E-state index in [0.717, 1.165) is 43.7 Å². The van der Waals surface area contributed by atoms with Crippen molar-refractivity contribution in [2.24, 2.45) is 0 Å². The van der Waals surface area contributed by atoms with Crippen LogP contribution in [0.2, 0.25) is 0 Å². The molecular formula is C21H26N2O2. The second-order valence-corrected chi connectivity index (χ2v) is 7.29. The number of benzene rings is 1. The van der Waals surface area contributed by atoms with Crippen molar-refractivity contribution in [2.45, 2.75) is 58.0 Å². The van der Waals surface area contributed by atoms with Gasteiger partial charge in [0, 0.05) is 18.3 Å². The summed E-state index contributed by atoms with van der Waals surface area (Å²) in [7, 11) is 1.69. The van der Waals surface area contributed by atoms with E-state index in [-0.39, 0.29) is 5.91 Å². The zero-order chi connectivity index (χ0) is 17.4. The first-order valence-electron chi connectivity index (χ1n) is 9.32. The summed E-state index contributed by atoms with van der Waals surface area (Å²) in [4.78, 5) is 12.9. The molecule has 1 N–H and O–H groups in total. The standard InChI is InChI=1S/C21H26N2O2/c1-14-18-8-3-4-9-19(18)23(20(14)21(24)22-16-10-11-16)13-15-6-5-7-17(12-15)25-2/h5-7,12,16H,3-4,8-11,13H2,1-2H3,(H,22,24). The highest BCUT2D eigenvalue weighted by Gasteiger charge is 2.30. The van der Waals surface area contributed by atoms with E-state index in [0.29, 0.717) is 6.04 Å². The Balaban J connectivity index is 1.74. The number of amides is 1. The van der Waals surface area contributed by atoms with Crippen LogP contribution >= 0.6 is 0 Å². The number of aromatic nitrogens is 1. The van der Waals surface area contributed by atoms with Crippen LogP contribution in [0.3, 0.4) is 0 Å². The molecule has 25 heavy (non-hydrogen) atoms. The maximum absolute atomic E-state index is 12.9. The number of fused-ring (bicyclic) bond motifs is 1. The molecule has 4 rings (SSSR count). The van der Waals surface area contributed by atoms with Crippen molar-refractivity contribution in [3.8, 4) is 5.75 Å². The fraction of sp³-hybridized carbons (Fsp3) is 0.476. The van der Waals surface area contributed by atoms with Gasteiger partial charge in [0.25, 0.3) is 5.91 Å². The zero-order valence-electron chi connectivity index (χ0n) is 15.1. The lowest BCUT2D eigenvalue weighted by atomic mass is 9.95. The van der Waals surface area contributed by atoms with Crippen LogP contribution in [-0.2, 0) is 19.4 Å². The first-order valence-corrected chi connectivity index (χ1v) is 9.32. The molecule has 0 bridgehead atoms. The summed E-state index contributed by atoms with van der Waals surface area (Å²) in [5.74, 6) is 0.955. The van der Waals surface area contributed by atoms with E-state index in [4.69, 9.17) is 4.74 Å². The minimum absolute atomic E-state index is 0.0947. The monoisotopic (exact) mass is 338 g/mol. The molecule has 2 aromatic rings. The van der Waals surface area contributed by atoms with E-state index in [1.54, 1.807) is 7.11 Å². The number of nitrogens with one attached hydrogen (secondary N) is 1. The van der Waals surface area contributed by atoms with E-state index < -0.39 is 0 Å². The minimum atomic E-state index is 0.0947. The summed E-state index contributed by atoms with van der Waals surface area (Å²) in [5, 5.41) is 3.18. The van der Waals surface area contributed by atoms with Gasteiger partial charge in [-0.3, -0.25) is 4.79 Å². The quantitative estimate of drug-likeness (QED) is 0.905. The Kier molecular flexibility index (Phi) is 4.28. The maximum Gasteiger partial charge on any atom is 0.268 e. The maximum atomic E-state index is 12.9. The molecule has 0 atom stereocenters. The SMILES string of the molecule is COc1cccc(Cn2c3c(c(C)c2C(=O)NC2CC2)CCCC3)c1. The third kappa shape index (κ3) is 3.17. The van der Waals surface area contributed by atoms with Crippen LogP contribution < -0.4 is 10.1 Å². The molecule has 132 valence electrons. The van der Waals surface area contributed by atoms with Gasteiger partial charge in [-0.15, -0.1) is 0 Å². The van der Waals surface area contributed by atoms with Gasteiger partial charge in [0.2, 0.25) is 0 Å². The molecule has 0 aliphatic heterocycles. The van der Waals surface area contributed by atoms with Crippen LogP contribution in [0, 0.1) is 6.92 Å². The van der Waals surface area contributed by atoms with Gasteiger partial charge < -0.3 is 14.6 Å². The Hall–Kier alpha value is -2.23. The summed E-state index contributed by atoms with van der Waals surface area (Å²) in [6.07, 6.45) is 6.81.